The van der Waals surface area contributed by atoms with Crippen LogP contribution >= 0.6 is 67.1 Å². The topological polar surface area (TPSA) is 59.1 Å². The van der Waals surface area contributed by atoms with Gasteiger partial charge in [0, 0.05) is 61.6 Å². The van der Waals surface area contributed by atoms with Gasteiger partial charge < -0.3 is 9.47 Å². The van der Waals surface area contributed by atoms with Gasteiger partial charge in [-0.1, -0.05) is 21.6 Å². The Hall–Kier alpha value is 1.28. The average Bonchev–Trinajstić information content (AvgIpc) is 2.65. The Morgan fingerprint density at radius 1 is 0.692 bits per heavy atom. The molecular weight excluding hydrogens is 453 g/mol. The number of nitrogens with zero attached hydrogens (tertiary/aromatic N) is 2. The van der Waals surface area contributed by atoms with E-state index in [4.69, 9.17) is 9.47 Å². The van der Waals surface area contributed by atoms with E-state index in [0.717, 1.165) is 50.5 Å². The van der Waals surface area contributed by atoms with Gasteiger partial charge >= 0.3 is 0 Å². The van der Waals surface area contributed by atoms with Crippen LogP contribution in [-0.2, 0) is 9.47 Å². The molecule has 0 spiro atoms. The summed E-state index contributed by atoms with van der Waals surface area (Å²) >= 11 is 2.61. The third-order valence-electron chi connectivity index (χ3n) is 3.31. The Morgan fingerprint density at radius 3 is 1.46 bits per heavy atom. The van der Waals surface area contributed by atoms with Gasteiger partial charge in [0.05, 0.1) is 26.4 Å². The maximum absolute atomic E-state index is 11.8. The number of carbonyl (C=O) groups is 2. The molecule has 0 aromatic carbocycles. The van der Waals surface area contributed by atoms with E-state index in [0.29, 0.717) is 26.4 Å². The molecule has 26 heavy (non-hydrogen) atoms. The standard InChI is InChI=1S/C14H24N2O4S6/c17-13(23-15-3-7-19-8-4-15)25-21-11-1-2-12-22-26-14(18)24-16-5-9-20-10-6-16/h1-12H2. The van der Waals surface area contributed by atoms with E-state index in [1.54, 1.807) is 21.6 Å². The molecule has 0 radical (unpaired) electrons. The lowest BCUT2D eigenvalue weighted by atomic mass is 10.4. The highest BCUT2D eigenvalue weighted by molar-refractivity contribution is 8.86. The molecule has 0 bridgehead atoms. The van der Waals surface area contributed by atoms with Crippen LogP contribution in [0.5, 0.6) is 0 Å². The van der Waals surface area contributed by atoms with Crippen molar-refractivity contribution in [3.63, 3.8) is 0 Å². The Morgan fingerprint density at radius 2 is 1.08 bits per heavy atom. The quantitative estimate of drug-likeness (QED) is 0.262. The maximum Gasteiger partial charge on any atom is 0.271 e. The van der Waals surface area contributed by atoms with Crippen LogP contribution in [0.3, 0.4) is 0 Å². The third kappa shape index (κ3) is 11.3. The van der Waals surface area contributed by atoms with Gasteiger partial charge in [-0.2, -0.15) is 0 Å². The molecule has 2 rings (SSSR count). The van der Waals surface area contributed by atoms with Gasteiger partial charge in [0.2, 0.25) is 0 Å². The first-order valence-corrected chi connectivity index (χ1v) is 14.6. The van der Waals surface area contributed by atoms with Crippen molar-refractivity contribution in [3.05, 3.63) is 0 Å². The average molecular weight is 477 g/mol. The maximum atomic E-state index is 11.8. The van der Waals surface area contributed by atoms with Crippen molar-refractivity contribution in [1.29, 1.82) is 0 Å². The van der Waals surface area contributed by atoms with Gasteiger partial charge in [-0.05, 0) is 34.4 Å². The first-order valence-electron chi connectivity index (χ1n) is 8.42. The summed E-state index contributed by atoms with van der Waals surface area (Å²) in [6, 6.07) is 0. The Balaban J connectivity index is 1.36. The van der Waals surface area contributed by atoms with Crippen LogP contribution in [-0.4, -0.2) is 81.6 Å². The molecule has 0 aromatic heterocycles. The van der Waals surface area contributed by atoms with Crippen LogP contribution in [0, 0.1) is 0 Å². The number of ether oxygens (including phenoxy) is 2. The molecule has 2 aliphatic heterocycles. The van der Waals surface area contributed by atoms with Crippen molar-refractivity contribution < 1.29 is 19.1 Å². The summed E-state index contributed by atoms with van der Waals surface area (Å²) in [6.07, 6.45) is 2.12. The van der Waals surface area contributed by atoms with Crippen molar-refractivity contribution >= 4 is 76.0 Å². The van der Waals surface area contributed by atoms with E-state index >= 15 is 0 Å². The van der Waals surface area contributed by atoms with Gasteiger partial charge in [-0.15, -0.1) is 0 Å². The fourth-order valence-electron chi connectivity index (χ4n) is 2.02. The molecule has 0 saturated carbocycles. The molecule has 12 heteroatoms. The molecule has 0 amide bonds. The lowest BCUT2D eigenvalue weighted by Crippen LogP contribution is -2.31. The van der Waals surface area contributed by atoms with Crippen molar-refractivity contribution in [2.45, 2.75) is 12.8 Å². The minimum Gasteiger partial charge on any atom is -0.379 e. The molecule has 2 aliphatic rings. The van der Waals surface area contributed by atoms with Crippen molar-refractivity contribution in [1.82, 2.24) is 8.61 Å². The van der Waals surface area contributed by atoms with E-state index in [2.05, 4.69) is 8.61 Å². The summed E-state index contributed by atoms with van der Waals surface area (Å²) in [6.45, 7) is 6.11. The van der Waals surface area contributed by atoms with E-state index in [-0.39, 0.29) is 8.89 Å². The predicted octanol–water partition coefficient (Wildman–Crippen LogP) is 4.73. The number of carbonyl (C=O) groups excluding carboxylic acids is 2. The second kappa shape index (κ2) is 15.2. The highest BCUT2D eigenvalue weighted by Crippen LogP contribution is 2.33. The zero-order valence-corrected chi connectivity index (χ0v) is 19.4. The molecule has 0 atom stereocenters. The van der Waals surface area contributed by atoms with Crippen LogP contribution in [0.25, 0.3) is 0 Å². The minimum atomic E-state index is 0.146. The van der Waals surface area contributed by atoms with Crippen LogP contribution in [0.15, 0.2) is 0 Å². The highest BCUT2D eigenvalue weighted by atomic mass is 33.1. The molecule has 0 N–H and O–H groups in total. The molecular formula is C14H24N2O4S6. The molecule has 2 saturated heterocycles. The molecule has 2 fully saturated rings. The van der Waals surface area contributed by atoms with E-state index in [1.165, 1.54) is 45.5 Å². The number of hydrogen-bond acceptors (Lipinski definition) is 12. The lowest BCUT2D eigenvalue weighted by Gasteiger charge is -2.23. The summed E-state index contributed by atoms with van der Waals surface area (Å²) in [7, 11) is 5.90. The fraction of sp³-hybridized carbons (Fsp3) is 0.857. The largest absolute Gasteiger partial charge is 0.379 e. The monoisotopic (exact) mass is 476 g/mol. The SMILES string of the molecule is O=C(SSCCCCSSC(=O)SN1CCOCC1)SN1CCOCC1. The van der Waals surface area contributed by atoms with Gasteiger partial charge in [-0.3, -0.25) is 9.59 Å². The molecule has 2 heterocycles. The second-order valence-corrected chi connectivity index (χ2v) is 12.7. The smallest absolute Gasteiger partial charge is 0.271 e. The molecule has 0 aliphatic carbocycles. The van der Waals surface area contributed by atoms with Crippen LogP contribution in [0.4, 0.5) is 9.59 Å². The van der Waals surface area contributed by atoms with Gasteiger partial charge in [0.15, 0.2) is 0 Å². The van der Waals surface area contributed by atoms with Crippen LogP contribution in [0.1, 0.15) is 12.8 Å². The van der Waals surface area contributed by atoms with Crippen molar-refractivity contribution in [2.75, 3.05) is 64.1 Å². The van der Waals surface area contributed by atoms with Gasteiger partial charge in [-0.25, -0.2) is 8.61 Å². The van der Waals surface area contributed by atoms with Gasteiger partial charge in [0.1, 0.15) is 0 Å². The molecule has 0 unspecified atom stereocenters. The summed E-state index contributed by atoms with van der Waals surface area (Å²) in [5.74, 6) is 1.92. The van der Waals surface area contributed by atoms with E-state index < -0.39 is 0 Å². The number of hydrogen-bond donors (Lipinski definition) is 0. The first kappa shape index (κ1) is 23.6. The van der Waals surface area contributed by atoms with Crippen LogP contribution in [0.2, 0.25) is 0 Å². The van der Waals surface area contributed by atoms with E-state index in [1.807, 2.05) is 0 Å². The zero-order chi connectivity index (χ0) is 18.5. The first-order chi connectivity index (χ1) is 12.7. The lowest BCUT2D eigenvalue weighted by molar-refractivity contribution is 0.0775. The highest BCUT2D eigenvalue weighted by Gasteiger charge is 2.17. The summed E-state index contributed by atoms with van der Waals surface area (Å²) in [5, 5.41) is 0. The Labute approximate surface area is 179 Å². The molecule has 6 nitrogen and oxygen atoms in total. The van der Waals surface area contributed by atoms with Crippen LogP contribution < -0.4 is 0 Å². The fourth-order valence-corrected chi connectivity index (χ4v) is 8.18. The summed E-state index contributed by atoms with van der Waals surface area (Å²) in [4.78, 5) is 23.7. The minimum absolute atomic E-state index is 0.146. The Bertz CT molecular complexity index is 384. The van der Waals surface area contributed by atoms with Crippen molar-refractivity contribution in [3.8, 4) is 0 Å². The molecule has 0 aromatic rings. The molecule has 150 valence electrons. The second-order valence-electron chi connectivity index (χ2n) is 5.28. The number of rotatable bonds is 9. The predicted molar refractivity (Wildman–Crippen MR) is 120 cm³/mol. The number of unbranched alkanes of at least 4 members (excludes halogenated alkanes) is 1. The van der Waals surface area contributed by atoms with Crippen molar-refractivity contribution in [2.24, 2.45) is 0 Å². The normalized spacial score (nSPS) is 19.5. The summed E-state index contributed by atoms with van der Waals surface area (Å²) in [5.41, 5.74) is 0. The van der Waals surface area contributed by atoms with Gasteiger partial charge in [0.25, 0.3) is 8.89 Å². The third-order valence-corrected chi connectivity index (χ3v) is 10.5. The number of morpholine rings is 2. The Kier molecular flexibility index (Phi) is 13.7. The summed E-state index contributed by atoms with van der Waals surface area (Å²) < 4.78 is 15.0. The zero-order valence-electron chi connectivity index (χ0n) is 14.5. The van der Waals surface area contributed by atoms with E-state index in [9.17, 15) is 9.59 Å².